The Morgan fingerprint density at radius 2 is 1.97 bits per heavy atom. The van der Waals surface area contributed by atoms with Gasteiger partial charge in [0.15, 0.2) is 0 Å². The van der Waals surface area contributed by atoms with Gasteiger partial charge in [0.25, 0.3) is 11.8 Å². The van der Waals surface area contributed by atoms with E-state index in [1.165, 1.54) is 17.4 Å². The van der Waals surface area contributed by atoms with Gasteiger partial charge in [0, 0.05) is 12.1 Å². The summed E-state index contributed by atoms with van der Waals surface area (Å²) in [5.41, 5.74) is 5.90. The van der Waals surface area contributed by atoms with Crippen molar-refractivity contribution in [2.75, 3.05) is 5.32 Å². The molecule has 3 heterocycles. The molecule has 1 fully saturated rings. The molecular formula is C18H16N6O5S. The van der Waals surface area contributed by atoms with Crippen molar-refractivity contribution in [3.8, 4) is 0 Å². The van der Waals surface area contributed by atoms with Crippen LogP contribution >= 0.6 is 11.3 Å². The highest BCUT2D eigenvalue weighted by Gasteiger charge is 2.45. The van der Waals surface area contributed by atoms with Gasteiger partial charge >= 0.3 is 0 Å². The van der Waals surface area contributed by atoms with E-state index in [-0.39, 0.29) is 36.9 Å². The number of nitrogens with one attached hydrogen (secondary N) is 2. The Balaban J connectivity index is 1.54. The van der Waals surface area contributed by atoms with E-state index in [1.54, 1.807) is 12.1 Å². The van der Waals surface area contributed by atoms with E-state index in [0.29, 0.717) is 15.7 Å². The summed E-state index contributed by atoms with van der Waals surface area (Å²) in [4.78, 5) is 61.3. The maximum Gasteiger partial charge on any atom is 0.264 e. The molecule has 5 amide bonds. The zero-order chi connectivity index (χ0) is 21.4. The van der Waals surface area contributed by atoms with Gasteiger partial charge in [-0.2, -0.15) is 0 Å². The number of hydrogen-bond acceptors (Lipinski definition) is 9. The first kappa shape index (κ1) is 19.6. The molecule has 1 aromatic heterocycles. The molecule has 1 saturated heterocycles. The van der Waals surface area contributed by atoms with Gasteiger partial charge in [0.2, 0.25) is 17.7 Å². The van der Waals surface area contributed by atoms with E-state index in [9.17, 15) is 24.0 Å². The predicted molar refractivity (Wildman–Crippen MR) is 103 cm³/mol. The maximum absolute atomic E-state index is 13.0. The molecule has 0 bridgehead atoms. The second kappa shape index (κ2) is 7.63. The standard InChI is InChI=1S/C18H16N6O5S/c19-11(25)6-13-22-23-14(30-13)7-20-9-3-1-2-8-15(9)18(29)24(17(8)28)10-4-5-12(26)21-16(10)27/h1-3,10,20H,4-7H2,(H2,19,25)(H,21,26,27). The largest absolute Gasteiger partial charge is 0.378 e. The van der Waals surface area contributed by atoms with Crippen LogP contribution in [0.15, 0.2) is 18.2 Å². The Bertz CT molecular complexity index is 1100. The summed E-state index contributed by atoms with van der Waals surface area (Å²) >= 11 is 1.21. The highest BCUT2D eigenvalue weighted by molar-refractivity contribution is 7.11. The third-order valence-corrected chi connectivity index (χ3v) is 5.66. The first-order valence-electron chi connectivity index (χ1n) is 9.03. The molecule has 1 aromatic carbocycles. The highest BCUT2D eigenvalue weighted by Crippen LogP contribution is 2.32. The molecule has 11 nitrogen and oxygen atoms in total. The van der Waals surface area contributed by atoms with Crippen LogP contribution < -0.4 is 16.4 Å². The number of piperidine rings is 1. The Labute approximate surface area is 173 Å². The summed E-state index contributed by atoms with van der Waals surface area (Å²) in [6.07, 6.45) is 0.137. The first-order valence-corrected chi connectivity index (χ1v) is 9.85. The number of fused-ring (bicyclic) bond motifs is 1. The third-order valence-electron chi connectivity index (χ3n) is 4.73. The lowest BCUT2D eigenvalue weighted by atomic mass is 10.0. The molecule has 1 atom stereocenters. The van der Waals surface area contributed by atoms with Gasteiger partial charge in [-0.25, -0.2) is 0 Å². The van der Waals surface area contributed by atoms with Gasteiger partial charge < -0.3 is 11.1 Å². The fourth-order valence-electron chi connectivity index (χ4n) is 3.41. The molecule has 1 unspecified atom stereocenters. The number of imide groups is 2. The van der Waals surface area contributed by atoms with E-state index in [1.807, 2.05) is 0 Å². The molecule has 0 radical (unpaired) electrons. The molecular weight excluding hydrogens is 412 g/mol. The molecule has 154 valence electrons. The van der Waals surface area contributed by atoms with Crippen LogP contribution in [-0.2, 0) is 27.3 Å². The van der Waals surface area contributed by atoms with Crippen molar-refractivity contribution in [2.24, 2.45) is 5.73 Å². The average molecular weight is 428 g/mol. The minimum absolute atomic E-state index is 0.00763. The van der Waals surface area contributed by atoms with Gasteiger partial charge in [-0.05, 0) is 18.6 Å². The molecule has 0 spiro atoms. The van der Waals surface area contributed by atoms with Gasteiger partial charge in [-0.3, -0.25) is 34.2 Å². The topological polar surface area (TPSA) is 164 Å². The molecule has 12 heteroatoms. The van der Waals surface area contributed by atoms with Crippen molar-refractivity contribution >= 4 is 46.6 Å². The number of nitrogens with two attached hydrogens (primary N) is 1. The fourth-order valence-corrected chi connectivity index (χ4v) is 4.21. The van der Waals surface area contributed by atoms with Crippen LogP contribution in [-0.4, -0.2) is 50.7 Å². The Hall–Kier alpha value is -3.67. The second-order valence-corrected chi connectivity index (χ2v) is 7.91. The van der Waals surface area contributed by atoms with Crippen molar-refractivity contribution in [1.82, 2.24) is 20.4 Å². The monoisotopic (exact) mass is 428 g/mol. The van der Waals surface area contributed by atoms with E-state index < -0.39 is 35.6 Å². The van der Waals surface area contributed by atoms with E-state index in [4.69, 9.17) is 5.73 Å². The van der Waals surface area contributed by atoms with Gasteiger partial charge in [-0.1, -0.05) is 17.4 Å². The Morgan fingerprint density at radius 3 is 2.70 bits per heavy atom. The molecule has 2 aliphatic rings. The smallest absolute Gasteiger partial charge is 0.264 e. The van der Waals surface area contributed by atoms with Crippen LogP contribution in [0.5, 0.6) is 0 Å². The Morgan fingerprint density at radius 1 is 1.20 bits per heavy atom. The number of hydrogen-bond donors (Lipinski definition) is 3. The third kappa shape index (κ3) is 3.52. The first-order chi connectivity index (χ1) is 14.3. The van der Waals surface area contributed by atoms with Gasteiger partial charge in [0.05, 0.1) is 24.1 Å². The fraction of sp³-hybridized carbons (Fsp3) is 0.278. The van der Waals surface area contributed by atoms with Crippen LogP contribution in [0.2, 0.25) is 0 Å². The van der Waals surface area contributed by atoms with Crippen LogP contribution in [0.1, 0.15) is 43.6 Å². The van der Waals surface area contributed by atoms with Gasteiger partial charge in [0.1, 0.15) is 16.1 Å². The molecule has 2 aliphatic heterocycles. The minimum atomic E-state index is -1.03. The lowest BCUT2D eigenvalue weighted by Gasteiger charge is -2.27. The number of aromatic nitrogens is 2. The number of carbonyl (C=O) groups is 5. The molecule has 2 aromatic rings. The number of rotatable bonds is 6. The van der Waals surface area contributed by atoms with Gasteiger partial charge in [-0.15, -0.1) is 10.2 Å². The summed E-state index contributed by atoms with van der Waals surface area (Å²) in [5, 5.41) is 14.1. The summed E-state index contributed by atoms with van der Waals surface area (Å²) < 4.78 is 0. The van der Waals surface area contributed by atoms with E-state index in [0.717, 1.165) is 4.90 Å². The molecule has 4 rings (SSSR count). The number of primary amides is 1. The summed E-state index contributed by atoms with van der Waals surface area (Å²) in [6, 6.07) is 3.76. The summed E-state index contributed by atoms with van der Waals surface area (Å²) in [7, 11) is 0. The molecule has 4 N–H and O–H groups in total. The quantitative estimate of drug-likeness (QED) is 0.522. The minimum Gasteiger partial charge on any atom is -0.378 e. The predicted octanol–water partition coefficient (Wildman–Crippen LogP) is -0.421. The number of benzene rings is 1. The van der Waals surface area contributed by atoms with Crippen LogP contribution in [0.3, 0.4) is 0 Å². The second-order valence-electron chi connectivity index (χ2n) is 6.76. The van der Waals surface area contributed by atoms with Crippen molar-refractivity contribution in [3.63, 3.8) is 0 Å². The molecule has 0 aliphatic carbocycles. The SMILES string of the molecule is NC(=O)Cc1nnc(CNc2cccc3c2C(=O)N(C2CCC(=O)NC2=O)C3=O)s1. The molecule has 30 heavy (non-hydrogen) atoms. The van der Waals surface area contributed by atoms with Crippen LogP contribution in [0, 0.1) is 0 Å². The lowest BCUT2D eigenvalue weighted by molar-refractivity contribution is -0.136. The lowest BCUT2D eigenvalue weighted by Crippen LogP contribution is -2.54. The normalized spacial score (nSPS) is 18.4. The number of nitrogens with zero attached hydrogens (tertiary/aromatic N) is 3. The van der Waals surface area contributed by atoms with Crippen molar-refractivity contribution in [3.05, 3.63) is 39.3 Å². The number of amides is 5. The van der Waals surface area contributed by atoms with Crippen LogP contribution in [0.4, 0.5) is 5.69 Å². The summed E-state index contributed by atoms with van der Waals surface area (Å²) in [5.74, 6) is -2.77. The zero-order valence-electron chi connectivity index (χ0n) is 15.5. The van der Waals surface area contributed by atoms with Crippen LogP contribution in [0.25, 0.3) is 0 Å². The van der Waals surface area contributed by atoms with E-state index >= 15 is 0 Å². The molecule has 0 saturated carbocycles. The van der Waals surface area contributed by atoms with E-state index in [2.05, 4.69) is 20.8 Å². The number of anilines is 1. The van der Waals surface area contributed by atoms with Crippen molar-refractivity contribution < 1.29 is 24.0 Å². The zero-order valence-corrected chi connectivity index (χ0v) is 16.3. The van der Waals surface area contributed by atoms with Crippen molar-refractivity contribution in [2.45, 2.75) is 31.8 Å². The maximum atomic E-state index is 13.0. The Kier molecular flexibility index (Phi) is 4.99. The number of carbonyl (C=O) groups excluding carboxylic acids is 5. The highest BCUT2D eigenvalue weighted by atomic mass is 32.1. The van der Waals surface area contributed by atoms with Crippen molar-refractivity contribution in [1.29, 1.82) is 0 Å². The average Bonchev–Trinajstić information content (AvgIpc) is 3.23. The summed E-state index contributed by atoms with van der Waals surface area (Å²) in [6.45, 7) is 0.215.